The molecule has 8 heteroatoms. The Labute approximate surface area is 161 Å². The highest BCUT2D eigenvalue weighted by Crippen LogP contribution is 2.25. The van der Waals surface area contributed by atoms with E-state index in [-0.39, 0.29) is 6.01 Å². The van der Waals surface area contributed by atoms with Gasteiger partial charge in [-0.25, -0.2) is 0 Å². The second kappa shape index (κ2) is 8.86. The lowest BCUT2D eigenvalue weighted by Gasteiger charge is -2.09. The number of ether oxygens (including phenoxy) is 3. The van der Waals surface area contributed by atoms with Crippen LogP contribution in [0.2, 0.25) is 5.02 Å². The van der Waals surface area contributed by atoms with Gasteiger partial charge in [0.2, 0.25) is 11.8 Å². The van der Waals surface area contributed by atoms with Gasteiger partial charge in [-0.3, -0.25) is 5.43 Å². The summed E-state index contributed by atoms with van der Waals surface area (Å²) in [6, 6.07) is 16.3. The number of aromatic nitrogens is 2. The Balaban J connectivity index is 1.77. The molecule has 1 aromatic heterocycles. The van der Waals surface area contributed by atoms with Crippen LogP contribution in [0.4, 0.5) is 5.69 Å². The minimum absolute atomic E-state index is 0.109. The number of rotatable bonds is 7. The molecule has 0 fully saturated rings. The summed E-state index contributed by atoms with van der Waals surface area (Å²) in [5.41, 5.74) is 4.49. The Hall–Kier alpha value is -3.32. The maximum atomic E-state index is 5.87. The first kappa shape index (κ1) is 18.5. The van der Waals surface area contributed by atoms with Crippen molar-refractivity contribution in [3.8, 4) is 23.5 Å². The Kier molecular flexibility index (Phi) is 6.06. The van der Waals surface area contributed by atoms with Gasteiger partial charge < -0.3 is 14.2 Å². The number of hydrogen-bond donors (Lipinski definition) is 1. The molecule has 0 saturated carbocycles. The van der Waals surface area contributed by atoms with Crippen LogP contribution in [0.15, 0.2) is 59.7 Å². The van der Waals surface area contributed by atoms with E-state index in [9.17, 15) is 0 Å². The van der Waals surface area contributed by atoms with Gasteiger partial charge in [-0.2, -0.15) is 15.1 Å². The number of nitrogens with one attached hydrogen (secondary N) is 1. The summed E-state index contributed by atoms with van der Waals surface area (Å²) in [5.74, 6) is 1.22. The predicted octanol–water partition coefficient (Wildman–Crippen LogP) is 4.39. The Morgan fingerprint density at radius 2 is 1.63 bits per heavy atom. The number of nitrogens with zero attached hydrogens (tertiary/aromatic N) is 3. The van der Waals surface area contributed by atoms with Gasteiger partial charge in [-0.05, 0) is 36.4 Å². The summed E-state index contributed by atoms with van der Waals surface area (Å²) in [4.78, 5) is 8.33. The van der Waals surface area contributed by atoms with E-state index in [0.29, 0.717) is 22.5 Å². The van der Waals surface area contributed by atoms with Crippen LogP contribution < -0.4 is 19.6 Å². The van der Waals surface area contributed by atoms with Crippen LogP contribution in [-0.4, -0.2) is 30.4 Å². The SMILES string of the molecule is COc1cc(OC)nc(Oc2ccccc2/C=N/Nc2ccc(Cl)cc2)n1. The molecule has 0 saturated heterocycles. The van der Waals surface area contributed by atoms with Gasteiger partial charge in [0.25, 0.3) is 0 Å². The lowest BCUT2D eigenvalue weighted by atomic mass is 10.2. The average Bonchev–Trinajstić information content (AvgIpc) is 2.70. The molecule has 0 unspecified atom stereocenters. The van der Waals surface area contributed by atoms with Crippen LogP contribution in [-0.2, 0) is 0 Å². The van der Waals surface area contributed by atoms with Crippen LogP contribution in [0.25, 0.3) is 0 Å². The standard InChI is InChI=1S/C19H17ClN4O3/c1-25-17-11-18(26-2)23-19(22-17)27-16-6-4-3-5-13(16)12-21-24-15-9-7-14(20)8-10-15/h3-12,24H,1-2H3/b21-12+. The third-order valence-electron chi connectivity index (χ3n) is 3.44. The summed E-state index contributed by atoms with van der Waals surface area (Å²) in [6.07, 6.45) is 1.64. The Morgan fingerprint density at radius 1 is 0.963 bits per heavy atom. The maximum absolute atomic E-state index is 5.87. The lowest BCUT2D eigenvalue weighted by molar-refractivity contribution is 0.348. The summed E-state index contributed by atoms with van der Waals surface area (Å²) >= 11 is 5.87. The molecule has 2 aromatic carbocycles. The van der Waals surface area contributed by atoms with E-state index in [2.05, 4.69) is 20.5 Å². The first-order chi connectivity index (χ1) is 13.2. The van der Waals surface area contributed by atoms with Crippen molar-refractivity contribution in [1.82, 2.24) is 9.97 Å². The first-order valence-corrected chi connectivity index (χ1v) is 8.34. The zero-order valence-electron chi connectivity index (χ0n) is 14.7. The Bertz CT molecular complexity index is 910. The van der Waals surface area contributed by atoms with Gasteiger partial charge >= 0.3 is 6.01 Å². The lowest BCUT2D eigenvalue weighted by Crippen LogP contribution is -1.99. The molecule has 0 aliphatic rings. The third kappa shape index (κ3) is 5.08. The number of para-hydroxylation sites is 1. The topological polar surface area (TPSA) is 77.9 Å². The summed E-state index contributed by atoms with van der Waals surface area (Å²) in [5, 5.41) is 4.89. The zero-order valence-corrected chi connectivity index (χ0v) is 15.5. The van der Waals surface area contributed by atoms with Crippen molar-refractivity contribution in [2.75, 3.05) is 19.6 Å². The minimum atomic E-state index is 0.109. The second-order valence-corrected chi connectivity index (χ2v) is 5.69. The molecule has 3 rings (SSSR count). The fourth-order valence-electron chi connectivity index (χ4n) is 2.12. The van der Waals surface area contributed by atoms with Gasteiger partial charge in [-0.1, -0.05) is 23.7 Å². The molecular formula is C19H17ClN4O3. The number of halogens is 1. The van der Waals surface area contributed by atoms with Crippen molar-refractivity contribution in [2.24, 2.45) is 5.10 Å². The van der Waals surface area contributed by atoms with Gasteiger partial charge in [0.1, 0.15) is 5.75 Å². The summed E-state index contributed by atoms with van der Waals surface area (Å²) in [7, 11) is 3.02. The molecule has 0 aliphatic heterocycles. The number of hydrogen-bond acceptors (Lipinski definition) is 7. The summed E-state index contributed by atoms with van der Waals surface area (Å²) in [6.45, 7) is 0. The van der Waals surface area contributed by atoms with Crippen LogP contribution in [0.1, 0.15) is 5.56 Å². The van der Waals surface area contributed by atoms with E-state index in [0.717, 1.165) is 11.3 Å². The quantitative estimate of drug-likeness (QED) is 0.481. The molecule has 138 valence electrons. The van der Waals surface area contributed by atoms with Crippen molar-refractivity contribution in [2.45, 2.75) is 0 Å². The van der Waals surface area contributed by atoms with Crippen LogP contribution >= 0.6 is 11.6 Å². The van der Waals surface area contributed by atoms with E-state index in [4.69, 9.17) is 25.8 Å². The van der Waals surface area contributed by atoms with E-state index < -0.39 is 0 Å². The first-order valence-electron chi connectivity index (χ1n) is 7.96. The largest absolute Gasteiger partial charge is 0.481 e. The van der Waals surface area contributed by atoms with E-state index in [1.807, 2.05) is 30.3 Å². The van der Waals surface area contributed by atoms with Crippen molar-refractivity contribution >= 4 is 23.5 Å². The highest BCUT2D eigenvalue weighted by Gasteiger charge is 2.09. The molecule has 3 aromatic rings. The van der Waals surface area contributed by atoms with E-state index in [1.165, 1.54) is 14.2 Å². The number of methoxy groups -OCH3 is 2. The molecule has 0 atom stereocenters. The fourth-order valence-corrected chi connectivity index (χ4v) is 2.24. The summed E-state index contributed by atoms with van der Waals surface area (Å²) < 4.78 is 16.1. The highest BCUT2D eigenvalue weighted by molar-refractivity contribution is 6.30. The zero-order chi connectivity index (χ0) is 19.1. The van der Waals surface area contributed by atoms with Gasteiger partial charge in [0.15, 0.2) is 0 Å². The van der Waals surface area contributed by atoms with Crippen LogP contribution in [0.3, 0.4) is 0 Å². The van der Waals surface area contributed by atoms with Crippen molar-refractivity contribution in [3.63, 3.8) is 0 Å². The predicted molar refractivity (Wildman–Crippen MR) is 104 cm³/mol. The molecule has 0 radical (unpaired) electrons. The molecule has 7 nitrogen and oxygen atoms in total. The fraction of sp³-hybridized carbons (Fsp3) is 0.105. The van der Waals surface area contributed by atoms with Gasteiger partial charge in [-0.15, -0.1) is 0 Å². The minimum Gasteiger partial charge on any atom is -0.481 e. The molecule has 0 bridgehead atoms. The second-order valence-electron chi connectivity index (χ2n) is 5.25. The van der Waals surface area contributed by atoms with Gasteiger partial charge in [0.05, 0.1) is 32.2 Å². The monoisotopic (exact) mass is 384 g/mol. The third-order valence-corrected chi connectivity index (χ3v) is 3.69. The van der Waals surface area contributed by atoms with Crippen molar-refractivity contribution in [3.05, 3.63) is 65.2 Å². The van der Waals surface area contributed by atoms with Gasteiger partial charge in [0, 0.05) is 10.6 Å². The number of benzene rings is 2. The molecular weight excluding hydrogens is 368 g/mol. The van der Waals surface area contributed by atoms with Crippen LogP contribution in [0, 0.1) is 0 Å². The van der Waals surface area contributed by atoms with E-state index in [1.54, 1.807) is 30.5 Å². The molecule has 0 amide bonds. The highest BCUT2D eigenvalue weighted by atomic mass is 35.5. The van der Waals surface area contributed by atoms with Crippen molar-refractivity contribution in [1.29, 1.82) is 0 Å². The molecule has 0 spiro atoms. The molecule has 1 heterocycles. The number of anilines is 1. The van der Waals surface area contributed by atoms with E-state index >= 15 is 0 Å². The number of hydrazone groups is 1. The molecule has 0 aliphatic carbocycles. The smallest absolute Gasteiger partial charge is 0.328 e. The molecule has 1 N–H and O–H groups in total. The van der Waals surface area contributed by atoms with Crippen LogP contribution in [0.5, 0.6) is 23.5 Å². The Morgan fingerprint density at radius 3 is 2.30 bits per heavy atom. The molecule has 27 heavy (non-hydrogen) atoms. The maximum Gasteiger partial charge on any atom is 0.328 e. The normalized spacial score (nSPS) is 10.6. The van der Waals surface area contributed by atoms with Crippen molar-refractivity contribution < 1.29 is 14.2 Å². The average molecular weight is 385 g/mol.